The van der Waals surface area contributed by atoms with E-state index in [0.717, 1.165) is 43.1 Å². The van der Waals surface area contributed by atoms with Gasteiger partial charge in [0.2, 0.25) is 0 Å². The van der Waals surface area contributed by atoms with E-state index in [0.29, 0.717) is 17.1 Å². The molecular formula is C20H24N4O2. The fourth-order valence-electron chi connectivity index (χ4n) is 3.32. The molecule has 0 bridgehead atoms. The number of hydrogen-bond donors (Lipinski definition) is 1. The molecule has 1 aromatic heterocycles. The number of anilines is 2. The smallest absolute Gasteiger partial charge is 0.162 e. The maximum atomic E-state index is 9.39. The Bertz CT molecular complexity index is 816. The molecule has 6 nitrogen and oxygen atoms in total. The van der Waals surface area contributed by atoms with Crippen LogP contribution in [0.25, 0.3) is 0 Å². The van der Waals surface area contributed by atoms with Crippen molar-refractivity contribution in [2.45, 2.75) is 25.8 Å². The van der Waals surface area contributed by atoms with Crippen molar-refractivity contribution in [1.82, 2.24) is 4.98 Å². The predicted molar refractivity (Wildman–Crippen MR) is 102 cm³/mol. The molecule has 1 aliphatic rings. The van der Waals surface area contributed by atoms with Gasteiger partial charge in [0.05, 0.1) is 19.8 Å². The zero-order chi connectivity index (χ0) is 18.5. The standard InChI is InChI=1S/C20H24N4O2/c1-14-6-7-15(12-21)20(22-14)24-10-4-5-17(13-24)23-16-8-9-18(25-2)19(11-16)26-3/h6-9,11,17,23H,4-5,10,13H2,1-3H3/t17-/m0/s1. The molecule has 136 valence electrons. The van der Waals surface area contributed by atoms with E-state index in [2.05, 4.69) is 21.3 Å². The molecular weight excluding hydrogens is 328 g/mol. The van der Waals surface area contributed by atoms with Crippen LogP contribution in [0.3, 0.4) is 0 Å². The van der Waals surface area contributed by atoms with E-state index in [1.807, 2.05) is 37.3 Å². The van der Waals surface area contributed by atoms with Crippen LogP contribution in [0.4, 0.5) is 11.5 Å². The minimum atomic E-state index is 0.274. The van der Waals surface area contributed by atoms with Gasteiger partial charge in [0.15, 0.2) is 11.5 Å². The number of pyridine rings is 1. The van der Waals surface area contributed by atoms with Gasteiger partial charge in [-0.3, -0.25) is 0 Å². The molecule has 1 aromatic carbocycles. The highest BCUT2D eigenvalue weighted by Crippen LogP contribution is 2.31. The maximum Gasteiger partial charge on any atom is 0.162 e. The van der Waals surface area contributed by atoms with Gasteiger partial charge in [0.1, 0.15) is 11.9 Å². The van der Waals surface area contributed by atoms with E-state index in [1.54, 1.807) is 14.2 Å². The molecule has 0 amide bonds. The van der Waals surface area contributed by atoms with E-state index in [1.165, 1.54) is 0 Å². The number of piperidine rings is 1. The van der Waals surface area contributed by atoms with E-state index >= 15 is 0 Å². The lowest BCUT2D eigenvalue weighted by atomic mass is 10.0. The van der Waals surface area contributed by atoms with Crippen LogP contribution in [0.15, 0.2) is 30.3 Å². The van der Waals surface area contributed by atoms with Crippen molar-refractivity contribution in [1.29, 1.82) is 5.26 Å². The first kappa shape index (κ1) is 17.9. The first-order valence-electron chi connectivity index (χ1n) is 8.76. The summed E-state index contributed by atoms with van der Waals surface area (Å²) in [6.45, 7) is 3.67. The number of rotatable bonds is 5. The van der Waals surface area contributed by atoms with Gasteiger partial charge in [-0.2, -0.15) is 5.26 Å². The minimum Gasteiger partial charge on any atom is -0.493 e. The van der Waals surface area contributed by atoms with Crippen molar-refractivity contribution >= 4 is 11.5 Å². The fraction of sp³-hybridized carbons (Fsp3) is 0.400. The predicted octanol–water partition coefficient (Wildman–Crippen LogP) is 3.36. The lowest BCUT2D eigenvalue weighted by Crippen LogP contribution is -2.43. The molecule has 6 heteroatoms. The Labute approximate surface area is 154 Å². The molecule has 0 unspecified atom stereocenters. The Kier molecular flexibility index (Phi) is 5.47. The summed E-state index contributed by atoms with van der Waals surface area (Å²) in [5.74, 6) is 2.20. The zero-order valence-electron chi connectivity index (χ0n) is 15.5. The summed E-state index contributed by atoms with van der Waals surface area (Å²) >= 11 is 0. The Hall–Kier alpha value is -2.94. The second-order valence-corrected chi connectivity index (χ2v) is 6.43. The summed E-state index contributed by atoms with van der Waals surface area (Å²) in [6, 6.07) is 12.1. The second kappa shape index (κ2) is 7.96. The van der Waals surface area contributed by atoms with Crippen molar-refractivity contribution in [2.24, 2.45) is 0 Å². The minimum absolute atomic E-state index is 0.274. The van der Waals surface area contributed by atoms with Crippen molar-refractivity contribution in [2.75, 3.05) is 37.5 Å². The second-order valence-electron chi connectivity index (χ2n) is 6.43. The highest BCUT2D eigenvalue weighted by Gasteiger charge is 2.23. The van der Waals surface area contributed by atoms with Crippen molar-refractivity contribution in [3.05, 3.63) is 41.6 Å². The lowest BCUT2D eigenvalue weighted by molar-refractivity contribution is 0.355. The first-order chi connectivity index (χ1) is 12.6. The van der Waals surface area contributed by atoms with Crippen molar-refractivity contribution < 1.29 is 9.47 Å². The summed E-state index contributed by atoms with van der Waals surface area (Å²) < 4.78 is 10.7. The Morgan fingerprint density at radius 3 is 2.73 bits per heavy atom. The molecule has 3 rings (SSSR count). The molecule has 0 saturated carbocycles. The molecule has 0 spiro atoms. The van der Waals surface area contributed by atoms with Gasteiger partial charge in [-0.15, -0.1) is 0 Å². The molecule has 1 fully saturated rings. The molecule has 26 heavy (non-hydrogen) atoms. The van der Waals surface area contributed by atoms with Crippen LogP contribution in [0.1, 0.15) is 24.1 Å². The average molecular weight is 352 g/mol. The van der Waals surface area contributed by atoms with Gasteiger partial charge in [0, 0.05) is 36.6 Å². The first-order valence-corrected chi connectivity index (χ1v) is 8.76. The third kappa shape index (κ3) is 3.83. The van der Waals surface area contributed by atoms with Crippen LogP contribution >= 0.6 is 0 Å². The van der Waals surface area contributed by atoms with Crippen LogP contribution in [-0.2, 0) is 0 Å². The van der Waals surface area contributed by atoms with E-state index in [9.17, 15) is 5.26 Å². The molecule has 1 atom stereocenters. The molecule has 2 heterocycles. The molecule has 1 saturated heterocycles. The van der Waals surface area contributed by atoms with Gasteiger partial charge < -0.3 is 19.7 Å². The summed E-state index contributed by atoms with van der Waals surface area (Å²) in [4.78, 5) is 6.80. The summed E-state index contributed by atoms with van der Waals surface area (Å²) in [5.41, 5.74) is 2.54. The molecule has 1 N–H and O–H groups in total. The Morgan fingerprint density at radius 2 is 2.00 bits per heavy atom. The highest BCUT2D eigenvalue weighted by atomic mass is 16.5. The summed E-state index contributed by atoms with van der Waals surface area (Å²) in [7, 11) is 3.27. The number of ether oxygens (including phenoxy) is 2. The van der Waals surface area contributed by atoms with Crippen molar-refractivity contribution in [3.8, 4) is 17.6 Å². The van der Waals surface area contributed by atoms with Gasteiger partial charge in [-0.25, -0.2) is 4.98 Å². The number of aryl methyl sites for hydroxylation is 1. The third-order valence-corrected chi connectivity index (χ3v) is 4.61. The maximum absolute atomic E-state index is 9.39. The molecule has 1 aliphatic heterocycles. The van der Waals surface area contributed by atoms with Crippen LogP contribution in [0.5, 0.6) is 11.5 Å². The quantitative estimate of drug-likeness (QED) is 0.890. The Balaban J connectivity index is 1.75. The highest BCUT2D eigenvalue weighted by molar-refractivity contribution is 5.57. The zero-order valence-corrected chi connectivity index (χ0v) is 15.5. The van der Waals surface area contributed by atoms with Gasteiger partial charge in [-0.05, 0) is 44.0 Å². The largest absolute Gasteiger partial charge is 0.493 e. The van der Waals surface area contributed by atoms with E-state index in [4.69, 9.17) is 9.47 Å². The van der Waals surface area contributed by atoms with Crippen LogP contribution in [0, 0.1) is 18.3 Å². The number of methoxy groups -OCH3 is 2. The fourth-order valence-corrected chi connectivity index (χ4v) is 3.32. The van der Waals surface area contributed by atoms with Gasteiger partial charge >= 0.3 is 0 Å². The monoisotopic (exact) mass is 352 g/mol. The van der Waals surface area contributed by atoms with Crippen molar-refractivity contribution in [3.63, 3.8) is 0 Å². The van der Waals surface area contributed by atoms with Crippen LogP contribution < -0.4 is 19.7 Å². The van der Waals surface area contributed by atoms with Crippen LogP contribution in [-0.4, -0.2) is 38.3 Å². The van der Waals surface area contributed by atoms with E-state index in [-0.39, 0.29) is 6.04 Å². The SMILES string of the molecule is COc1ccc(N[C@H]2CCCN(c3nc(C)ccc3C#N)C2)cc1OC. The lowest BCUT2D eigenvalue weighted by Gasteiger charge is -2.35. The number of nitrogens with one attached hydrogen (secondary N) is 1. The Morgan fingerprint density at radius 1 is 1.19 bits per heavy atom. The van der Waals surface area contributed by atoms with Gasteiger partial charge in [-0.1, -0.05) is 0 Å². The number of nitriles is 1. The number of nitrogens with zero attached hydrogens (tertiary/aromatic N) is 3. The van der Waals surface area contributed by atoms with Gasteiger partial charge in [0.25, 0.3) is 0 Å². The summed E-state index contributed by atoms with van der Waals surface area (Å²) in [6.07, 6.45) is 2.12. The van der Waals surface area contributed by atoms with E-state index < -0.39 is 0 Å². The molecule has 0 radical (unpaired) electrons. The average Bonchev–Trinajstić information content (AvgIpc) is 2.68. The molecule has 2 aromatic rings. The molecule has 0 aliphatic carbocycles. The summed E-state index contributed by atoms with van der Waals surface area (Å²) in [5, 5.41) is 13.0. The topological polar surface area (TPSA) is 70.4 Å². The number of benzene rings is 1. The number of hydrogen-bond acceptors (Lipinski definition) is 6. The normalized spacial score (nSPS) is 16.7. The third-order valence-electron chi connectivity index (χ3n) is 4.61. The number of aromatic nitrogens is 1. The van der Waals surface area contributed by atoms with Crippen LogP contribution in [0.2, 0.25) is 0 Å².